The molecule has 0 radical (unpaired) electrons. The number of aryl methyl sites for hydroxylation is 1. The summed E-state index contributed by atoms with van der Waals surface area (Å²) in [6, 6.07) is 11.8. The zero-order valence-electron chi connectivity index (χ0n) is 15.9. The SMILES string of the molecule is CC.CC.COc1ccc(Cn2ncc3nc(C)c(C#N)cc32)cc1. The van der Waals surface area contributed by atoms with E-state index in [4.69, 9.17) is 10.00 Å². The first kappa shape index (κ1) is 20.2. The van der Waals surface area contributed by atoms with Crippen molar-refractivity contribution in [2.75, 3.05) is 7.11 Å². The molecule has 3 aromatic rings. The van der Waals surface area contributed by atoms with Crippen LogP contribution in [0.3, 0.4) is 0 Å². The van der Waals surface area contributed by atoms with Gasteiger partial charge in [-0.25, -0.2) is 4.98 Å². The lowest BCUT2D eigenvalue weighted by atomic mass is 10.2. The third kappa shape index (κ3) is 4.80. The van der Waals surface area contributed by atoms with E-state index in [0.29, 0.717) is 12.1 Å². The number of nitriles is 1. The van der Waals surface area contributed by atoms with Crippen LogP contribution in [0, 0.1) is 18.3 Å². The standard InChI is InChI=1S/C16H14N4O.2C2H6/c1-11-13(8-17)7-16-15(19-11)9-18-20(16)10-12-3-5-14(21-2)6-4-12;2*1-2/h3-7,9H,10H2,1-2H3;2*1-2H3. The molecule has 3 rings (SSSR count). The van der Waals surface area contributed by atoms with Gasteiger partial charge >= 0.3 is 0 Å². The summed E-state index contributed by atoms with van der Waals surface area (Å²) in [6.45, 7) is 10.5. The molecule has 2 heterocycles. The molecule has 5 nitrogen and oxygen atoms in total. The minimum atomic E-state index is 0.582. The second kappa shape index (κ2) is 10.1. The van der Waals surface area contributed by atoms with Crippen molar-refractivity contribution >= 4 is 11.0 Å². The van der Waals surface area contributed by atoms with Gasteiger partial charge in [0.15, 0.2) is 0 Å². The van der Waals surface area contributed by atoms with Gasteiger partial charge in [0.1, 0.15) is 17.3 Å². The fraction of sp³-hybridized carbons (Fsp3) is 0.350. The maximum atomic E-state index is 9.12. The highest BCUT2D eigenvalue weighted by Gasteiger charge is 2.08. The van der Waals surface area contributed by atoms with E-state index in [2.05, 4.69) is 16.2 Å². The molecule has 0 unspecified atom stereocenters. The quantitative estimate of drug-likeness (QED) is 0.693. The molecule has 0 bridgehead atoms. The van der Waals surface area contributed by atoms with Crippen molar-refractivity contribution < 1.29 is 4.74 Å². The molecule has 0 amide bonds. The van der Waals surface area contributed by atoms with E-state index in [1.165, 1.54) is 0 Å². The molecule has 0 atom stereocenters. The summed E-state index contributed by atoms with van der Waals surface area (Å²) < 4.78 is 7.00. The maximum Gasteiger partial charge on any atom is 0.118 e. The van der Waals surface area contributed by atoms with E-state index in [9.17, 15) is 0 Å². The van der Waals surface area contributed by atoms with Gasteiger partial charge in [-0.15, -0.1) is 0 Å². The molecule has 1 aromatic carbocycles. The van der Waals surface area contributed by atoms with Crippen LogP contribution in [0.25, 0.3) is 11.0 Å². The van der Waals surface area contributed by atoms with Gasteiger partial charge in [0.25, 0.3) is 0 Å². The topological polar surface area (TPSA) is 63.7 Å². The maximum absolute atomic E-state index is 9.12. The Kier molecular flexibility index (Phi) is 8.14. The van der Waals surface area contributed by atoms with Crippen LogP contribution in [0.1, 0.15) is 44.5 Å². The van der Waals surface area contributed by atoms with Crippen LogP contribution in [-0.4, -0.2) is 21.9 Å². The minimum Gasteiger partial charge on any atom is -0.497 e. The predicted octanol–water partition coefficient (Wildman–Crippen LogP) is 4.72. The number of hydrogen-bond donors (Lipinski definition) is 0. The summed E-state index contributed by atoms with van der Waals surface area (Å²) in [5, 5.41) is 13.5. The summed E-state index contributed by atoms with van der Waals surface area (Å²) in [7, 11) is 1.65. The minimum absolute atomic E-state index is 0.582. The summed E-state index contributed by atoms with van der Waals surface area (Å²) in [6.07, 6.45) is 1.73. The summed E-state index contributed by atoms with van der Waals surface area (Å²) in [5.41, 5.74) is 4.10. The van der Waals surface area contributed by atoms with Crippen molar-refractivity contribution in [2.45, 2.75) is 41.2 Å². The van der Waals surface area contributed by atoms with Crippen LogP contribution in [0.5, 0.6) is 5.75 Å². The third-order valence-corrected chi connectivity index (χ3v) is 3.43. The number of rotatable bonds is 3. The van der Waals surface area contributed by atoms with Crippen LogP contribution in [0.2, 0.25) is 0 Å². The number of pyridine rings is 1. The van der Waals surface area contributed by atoms with Gasteiger partial charge in [0, 0.05) is 0 Å². The Morgan fingerprint density at radius 3 is 2.32 bits per heavy atom. The summed E-state index contributed by atoms with van der Waals surface area (Å²) in [5.74, 6) is 0.827. The number of hydrogen-bond acceptors (Lipinski definition) is 4. The zero-order chi connectivity index (χ0) is 18.8. The molecule has 0 saturated carbocycles. The van der Waals surface area contributed by atoms with E-state index in [0.717, 1.165) is 28.0 Å². The lowest BCUT2D eigenvalue weighted by molar-refractivity contribution is 0.414. The monoisotopic (exact) mass is 338 g/mol. The molecule has 0 aliphatic carbocycles. The zero-order valence-corrected chi connectivity index (χ0v) is 15.9. The van der Waals surface area contributed by atoms with Crippen LogP contribution < -0.4 is 4.74 Å². The number of fused-ring (bicyclic) bond motifs is 1. The highest BCUT2D eigenvalue weighted by Crippen LogP contribution is 2.18. The van der Waals surface area contributed by atoms with Gasteiger partial charge in [-0.2, -0.15) is 10.4 Å². The van der Waals surface area contributed by atoms with E-state index < -0.39 is 0 Å². The molecule has 0 fully saturated rings. The lowest BCUT2D eigenvalue weighted by Crippen LogP contribution is -2.02. The highest BCUT2D eigenvalue weighted by molar-refractivity contribution is 5.76. The van der Waals surface area contributed by atoms with Crippen molar-refractivity contribution in [3.05, 3.63) is 53.3 Å². The molecular weight excluding hydrogens is 312 g/mol. The Hall–Kier alpha value is -2.87. The van der Waals surface area contributed by atoms with Gasteiger partial charge in [-0.1, -0.05) is 39.8 Å². The molecule has 25 heavy (non-hydrogen) atoms. The van der Waals surface area contributed by atoms with Crippen molar-refractivity contribution in [3.63, 3.8) is 0 Å². The van der Waals surface area contributed by atoms with E-state index in [1.807, 2.05) is 69.6 Å². The van der Waals surface area contributed by atoms with Crippen molar-refractivity contribution in [1.29, 1.82) is 5.26 Å². The number of aromatic nitrogens is 3. The first-order valence-corrected chi connectivity index (χ1v) is 8.57. The van der Waals surface area contributed by atoms with Crippen LogP contribution >= 0.6 is 0 Å². The van der Waals surface area contributed by atoms with Gasteiger partial charge in [0.05, 0.1) is 36.6 Å². The average molecular weight is 338 g/mol. The van der Waals surface area contributed by atoms with E-state index in [-0.39, 0.29) is 0 Å². The number of benzene rings is 1. The van der Waals surface area contributed by atoms with E-state index >= 15 is 0 Å². The Morgan fingerprint density at radius 1 is 1.12 bits per heavy atom. The lowest BCUT2D eigenvalue weighted by Gasteiger charge is -2.06. The number of methoxy groups -OCH3 is 1. The Morgan fingerprint density at radius 2 is 1.76 bits per heavy atom. The molecule has 0 aliphatic heterocycles. The molecule has 0 N–H and O–H groups in total. The van der Waals surface area contributed by atoms with Crippen molar-refractivity contribution in [3.8, 4) is 11.8 Å². The van der Waals surface area contributed by atoms with Crippen LogP contribution in [-0.2, 0) is 6.54 Å². The van der Waals surface area contributed by atoms with Gasteiger partial charge in [-0.05, 0) is 30.7 Å². The first-order valence-electron chi connectivity index (χ1n) is 8.57. The molecule has 0 saturated heterocycles. The summed E-state index contributed by atoms with van der Waals surface area (Å²) >= 11 is 0. The molecule has 5 heteroatoms. The Labute approximate surface area is 149 Å². The Balaban J connectivity index is 0.000000730. The fourth-order valence-corrected chi connectivity index (χ4v) is 2.24. The normalized spacial score (nSPS) is 9.32. The summed E-state index contributed by atoms with van der Waals surface area (Å²) in [4.78, 5) is 4.41. The fourth-order valence-electron chi connectivity index (χ4n) is 2.24. The smallest absolute Gasteiger partial charge is 0.118 e. The third-order valence-electron chi connectivity index (χ3n) is 3.43. The van der Waals surface area contributed by atoms with E-state index in [1.54, 1.807) is 13.3 Å². The largest absolute Gasteiger partial charge is 0.497 e. The van der Waals surface area contributed by atoms with Crippen LogP contribution in [0.15, 0.2) is 36.5 Å². The van der Waals surface area contributed by atoms with Gasteiger partial charge < -0.3 is 4.74 Å². The predicted molar refractivity (Wildman–Crippen MR) is 102 cm³/mol. The number of nitrogens with zero attached hydrogens (tertiary/aromatic N) is 4. The highest BCUT2D eigenvalue weighted by atomic mass is 16.5. The van der Waals surface area contributed by atoms with Crippen LogP contribution in [0.4, 0.5) is 0 Å². The molecule has 132 valence electrons. The second-order valence-corrected chi connectivity index (χ2v) is 4.79. The second-order valence-electron chi connectivity index (χ2n) is 4.79. The first-order chi connectivity index (χ1) is 12.2. The molecular formula is C20H26N4O. The number of ether oxygens (including phenoxy) is 1. The van der Waals surface area contributed by atoms with Crippen molar-refractivity contribution in [1.82, 2.24) is 14.8 Å². The van der Waals surface area contributed by atoms with Crippen molar-refractivity contribution in [2.24, 2.45) is 0 Å². The molecule has 0 spiro atoms. The van der Waals surface area contributed by atoms with Gasteiger partial charge in [0.2, 0.25) is 0 Å². The Bertz CT molecular complexity index is 829. The molecule has 0 aliphatic rings. The average Bonchev–Trinajstić information content (AvgIpc) is 3.06. The van der Waals surface area contributed by atoms with Gasteiger partial charge in [-0.3, -0.25) is 4.68 Å². The molecule has 2 aromatic heterocycles.